The third kappa shape index (κ3) is 2.50. The van der Waals surface area contributed by atoms with E-state index in [1.165, 1.54) is 7.05 Å². The van der Waals surface area contributed by atoms with Crippen LogP contribution in [0.2, 0.25) is 0 Å². The molecule has 7 heavy (non-hydrogen) atoms. The van der Waals surface area contributed by atoms with Gasteiger partial charge in [0.2, 0.25) is 0 Å². The summed E-state index contributed by atoms with van der Waals surface area (Å²) in [7, 11) is 2.84. The van der Waals surface area contributed by atoms with Gasteiger partial charge in [0.15, 0.2) is 0 Å². The van der Waals surface area contributed by atoms with Crippen molar-refractivity contribution >= 4 is 0 Å². The van der Waals surface area contributed by atoms with Crippen molar-refractivity contribution in [1.29, 1.82) is 0 Å². The Hall–Kier alpha value is -0.190. The van der Waals surface area contributed by atoms with Crippen molar-refractivity contribution in [3.05, 3.63) is 0 Å². The van der Waals surface area contributed by atoms with Crippen LogP contribution >= 0.6 is 0 Å². The lowest BCUT2D eigenvalue weighted by atomic mass is 10.8. The molecule has 0 fully saturated rings. The molecule has 0 radical (unpaired) electrons. The second-order valence-electron chi connectivity index (χ2n) is 1.26. The maximum Gasteiger partial charge on any atom is 0.139 e. The van der Waals surface area contributed by atoms with Gasteiger partial charge in [-0.25, -0.2) is 0 Å². The Morgan fingerprint density at radius 3 is 2.29 bits per heavy atom. The molecule has 4 heteroatoms. The smallest absolute Gasteiger partial charge is 0.139 e. The first-order valence-corrected chi connectivity index (χ1v) is 2.00. The average molecular weight is 107 g/mol. The van der Waals surface area contributed by atoms with Crippen LogP contribution in [0.25, 0.3) is 0 Å². The Labute approximate surface area is 42.2 Å². The van der Waals surface area contributed by atoms with E-state index in [4.69, 9.17) is 5.73 Å². The van der Waals surface area contributed by atoms with Crippen molar-refractivity contribution in [2.45, 2.75) is 6.29 Å². The van der Waals surface area contributed by atoms with Gasteiger partial charge in [0.1, 0.15) is 6.29 Å². The van der Waals surface area contributed by atoms with Crippen LogP contribution < -0.4 is 11.1 Å². The number of hydrogen-bond donors (Lipinski definition) is 2. The molecule has 0 heterocycles. The van der Waals surface area contributed by atoms with E-state index >= 15 is 0 Å². The lowest BCUT2D eigenvalue weighted by molar-refractivity contribution is -0.000237. The highest BCUT2D eigenvalue weighted by Gasteiger charge is 2.00. The molecule has 3 nitrogen and oxygen atoms in total. The first kappa shape index (κ1) is 6.81. The van der Waals surface area contributed by atoms with Crippen LogP contribution in [0.5, 0.6) is 0 Å². The summed E-state index contributed by atoms with van der Waals surface area (Å²) in [6, 6.07) is 0. The number of nitrogens with one attached hydrogen (secondary N) is 1. The van der Waals surface area contributed by atoms with Gasteiger partial charge in [-0.2, -0.15) is 0 Å². The van der Waals surface area contributed by atoms with Gasteiger partial charge in [-0.3, -0.25) is 5.32 Å². The molecule has 0 saturated heterocycles. The minimum Gasteiger partial charge on any atom is -0.301 e. The molecule has 0 aliphatic heterocycles. The molecule has 0 aliphatic rings. The predicted molar refractivity (Wildman–Crippen MR) is 25.9 cm³/mol. The standard InChI is InChI=1S/C3H10FN3/c1-6-3(5)7(2)4/h3,6H,5H2,1-2H3. The van der Waals surface area contributed by atoms with Gasteiger partial charge < -0.3 is 5.73 Å². The van der Waals surface area contributed by atoms with Crippen molar-refractivity contribution in [2.75, 3.05) is 14.1 Å². The van der Waals surface area contributed by atoms with E-state index in [2.05, 4.69) is 5.32 Å². The van der Waals surface area contributed by atoms with Gasteiger partial charge >= 0.3 is 0 Å². The third-order valence-corrected chi connectivity index (χ3v) is 0.679. The molecule has 3 N–H and O–H groups in total. The molecule has 44 valence electrons. The fourth-order valence-corrected chi connectivity index (χ4v) is 0.178. The Morgan fingerprint density at radius 1 is 1.86 bits per heavy atom. The van der Waals surface area contributed by atoms with Crippen molar-refractivity contribution in [3.63, 3.8) is 0 Å². The quantitative estimate of drug-likeness (QED) is 0.361. The summed E-state index contributed by atoms with van der Waals surface area (Å²) in [6.45, 7) is 0. The number of nitrogens with zero attached hydrogens (tertiary/aromatic N) is 1. The van der Waals surface area contributed by atoms with E-state index in [1.54, 1.807) is 7.05 Å². The highest BCUT2D eigenvalue weighted by atomic mass is 19.2. The lowest BCUT2D eigenvalue weighted by Crippen LogP contribution is -2.44. The molecular formula is C3H10FN3. The van der Waals surface area contributed by atoms with Gasteiger partial charge in [-0.1, -0.05) is 0 Å². The normalized spacial score (nSPS) is 15.0. The minimum absolute atomic E-state index is 0.389. The van der Waals surface area contributed by atoms with Gasteiger partial charge in [0, 0.05) is 7.05 Å². The van der Waals surface area contributed by atoms with E-state index in [0.717, 1.165) is 0 Å². The van der Waals surface area contributed by atoms with Gasteiger partial charge in [-0.15, -0.1) is 9.60 Å². The molecule has 0 aromatic heterocycles. The molecular weight excluding hydrogens is 97.1 g/mol. The topological polar surface area (TPSA) is 41.3 Å². The number of hydrogen-bond acceptors (Lipinski definition) is 3. The predicted octanol–water partition coefficient (Wildman–Crippen LogP) is -0.736. The van der Waals surface area contributed by atoms with E-state index in [1.807, 2.05) is 0 Å². The average Bonchev–Trinajstić information content (AvgIpc) is 1.65. The number of nitrogens with two attached hydrogens (primary N) is 1. The Kier molecular flexibility index (Phi) is 2.82. The molecule has 0 bridgehead atoms. The molecule has 0 aromatic carbocycles. The van der Waals surface area contributed by atoms with Gasteiger partial charge in [0.25, 0.3) is 0 Å². The van der Waals surface area contributed by atoms with E-state index in [-0.39, 0.29) is 0 Å². The van der Waals surface area contributed by atoms with Crippen LogP contribution in [0.15, 0.2) is 0 Å². The Balaban J connectivity index is 3.14. The molecule has 0 aliphatic carbocycles. The Morgan fingerprint density at radius 2 is 2.29 bits per heavy atom. The van der Waals surface area contributed by atoms with E-state index in [0.29, 0.717) is 5.12 Å². The highest BCUT2D eigenvalue weighted by molar-refractivity contribution is 4.41. The zero-order valence-electron chi connectivity index (χ0n) is 4.48. The van der Waals surface area contributed by atoms with Crippen LogP contribution in [-0.2, 0) is 0 Å². The maximum absolute atomic E-state index is 11.7. The highest BCUT2D eigenvalue weighted by Crippen LogP contribution is 1.79. The lowest BCUT2D eigenvalue weighted by Gasteiger charge is -2.12. The zero-order valence-corrected chi connectivity index (χ0v) is 4.48. The monoisotopic (exact) mass is 107 g/mol. The molecule has 0 saturated carbocycles. The number of halogens is 1. The van der Waals surface area contributed by atoms with Gasteiger partial charge in [-0.05, 0) is 7.05 Å². The zero-order chi connectivity index (χ0) is 5.86. The van der Waals surface area contributed by atoms with Crippen LogP contribution in [0, 0.1) is 0 Å². The second-order valence-corrected chi connectivity index (χ2v) is 1.26. The summed E-state index contributed by atoms with van der Waals surface area (Å²) in [5.41, 5.74) is 5.06. The van der Waals surface area contributed by atoms with Crippen LogP contribution in [0.3, 0.4) is 0 Å². The molecule has 0 aromatic rings. The first-order valence-electron chi connectivity index (χ1n) is 2.00. The molecule has 1 unspecified atom stereocenters. The number of rotatable bonds is 2. The molecule has 0 spiro atoms. The van der Waals surface area contributed by atoms with Crippen molar-refractivity contribution in [3.8, 4) is 0 Å². The summed E-state index contributed by atoms with van der Waals surface area (Å²) in [6.07, 6.45) is -0.681. The van der Waals surface area contributed by atoms with Gasteiger partial charge in [0.05, 0.1) is 0 Å². The second kappa shape index (κ2) is 2.90. The van der Waals surface area contributed by atoms with E-state index < -0.39 is 6.29 Å². The maximum atomic E-state index is 11.7. The fraction of sp³-hybridized carbons (Fsp3) is 1.00. The Bertz CT molecular complexity index is 47.4. The molecule has 0 amide bonds. The summed E-state index contributed by atoms with van der Waals surface area (Å²) >= 11 is 0. The summed E-state index contributed by atoms with van der Waals surface area (Å²) in [5.74, 6) is 0. The van der Waals surface area contributed by atoms with Crippen LogP contribution in [-0.4, -0.2) is 25.5 Å². The summed E-state index contributed by atoms with van der Waals surface area (Å²) in [4.78, 5) is 0. The largest absolute Gasteiger partial charge is 0.301 e. The summed E-state index contributed by atoms with van der Waals surface area (Å²) in [5, 5.41) is 2.88. The third-order valence-electron chi connectivity index (χ3n) is 0.679. The SMILES string of the molecule is CNC(N)N(C)F. The van der Waals surface area contributed by atoms with E-state index in [9.17, 15) is 4.48 Å². The minimum atomic E-state index is -0.681. The summed E-state index contributed by atoms with van der Waals surface area (Å²) < 4.78 is 11.7. The molecule has 1 atom stereocenters. The van der Waals surface area contributed by atoms with Crippen molar-refractivity contribution in [1.82, 2.24) is 10.4 Å². The van der Waals surface area contributed by atoms with Crippen LogP contribution in [0.1, 0.15) is 0 Å². The van der Waals surface area contributed by atoms with Crippen molar-refractivity contribution in [2.24, 2.45) is 5.73 Å². The van der Waals surface area contributed by atoms with Crippen molar-refractivity contribution < 1.29 is 4.48 Å². The first-order chi connectivity index (χ1) is 3.18. The van der Waals surface area contributed by atoms with Crippen LogP contribution in [0.4, 0.5) is 4.48 Å². The molecule has 0 rings (SSSR count). The fourth-order valence-electron chi connectivity index (χ4n) is 0.178.